The number of unbranched alkanes of at least 4 members (excludes halogenated alkanes) is 1. The van der Waals surface area contributed by atoms with Crippen molar-refractivity contribution in [3.63, 3.8) is 0 Å². The number of aryl methyl sites for hydroxylation is 1. The van der Waals surface area contributed by atoms with E-state index in [9.17, 15) is 19.2 Å². The van der Waals surface area contributed by atoms with E-state index < -0.39 is 47.8 Å². The van der Waals surface area contributed by atoms with E-state index in [0.717, 1.165) is 22.3 Å². The number of nitrogens with two attached hydrogens (primary N) is 4. The van der Waals surface area contributed by atoms with Crippen LogP contribution in [0.1, 0.15) is 54.4 Å². The third-order valence-electron chi connectivity index (χ3n) is 7.63. The van der Waals surface area contributed by atoms with E-state index in [1.54, 1.807) is 0 Å². The van der Waals surface area contributed by atoms with Crippen LogP contribution in [0.25, 0.3) is 0 Å². The monoisotopic (exact) mass is 623 g/mol. The maximum Gasteiger partial charge on any atom is 0.243 e. The molecule has 0 aliphatic rings. The van der Waals surface area contributed by atoms with Gasteiger partial charge in [-0.05, 0) is 81.2 Å². The smallest absolute Gasteiger partial charge is 0.243 e. The number of nitrogens with one attached hydrogen (secondary N) is 5. The molecule has 4 amide bonds. The Kier molecular flexibility index (Phi) is 15.5. The number of amides is 4. The molecule has 4 atom stereocenters. The molecule has 13 heteroatoms. The maximum absolute atomic E-state index is 13.7. The summed E-state index contributed by atoms with van der Waals surface area (Å²) in [5.74, 6) is -2.60. The SMILES string of the molecule is Cc1cccc(C[C@H](NC(=O)[C@@H](CCCNC(=N)N)NC(=O)[C@@H](N)Cc2ccccc2)C(=O)N[C@@H](CCCCN)C(N)=O)c1C. The van der Waals surface area contributed by atoms with Crippen LogP contribution in [0, 0.1) is 19.3 Å². The van der Waals surface area contributed by atoms with Crippen LogP contribution in [0.2, 0.25) is 0 Å². The van der Waals surface area contributed by atoms with E-state index in [0.29, 0.717) is 38.8 Å². The lowest BCUT2D eigenvalue weighted by Crippen LogP contribution is -2.58. The van der Waals surface area contributed by atoms with Gasteiger partial charge in [-0.3, -0.25) is 24.6 Å². The van der Waals surface area contributed by atoms with Gasteiger partial charge in [-0.2, -0.15) is 0 Å². The number of primary amides is 1. The molecular formula is C32H49N9O4. The molecule has 0 radical (unpaired) electrons. The van der Waals surface area contributed by atoms with Crippen molar-refractivity contribution in [2.24, 2.45) is 22.9 Å². The number of benzene rings is 2. The van der Waals surface area contributed by atoms with Gasteiger partial charge in [-0.15, -0.1) is 0 Å². The van der Waals surface area contributed by atoms with E-state index in [-0.39, 0.29) is 25.2 Å². The summed E-state index contributed by atoms with van der Waals surface area (Å²) < 4.78 is 0. The van der Waals surface area contributed by atoms with Crippen LogP contribution in [0.5, 0.6) is 0 Å². The zero-order valence-electron chi connectivity index (χ0n) is 26.2. The zero-order chi connectivity index (χ0) is 33.4. The Morgan fingerprint density at radius 1 is 0.756 bits per heavy atom. The molecule has 0 aliphatic carbocycles. The van der Waals surface area contributed by atoms with Crippen LogP contribution in [-0.4, -0.2) is 66.8 Å². The lowest BCUT2D eigenvalue weighted by molar-refractivity contribution is -0.133. The lowest BCUT2D eigenvalue weighted by Gasteiger charge is -2.26. The fraction of sp³-hybridized carbons (Fsp3) is 0.469. The van der Waals surface area contributed by atoms with E-state index in [4.69, 9.17) is 28.3 Å². The number of hydrogen-bond donors (Lipinski definition) is 9. The third-order valence-corrected chi connectivity index (χ3v) is 7.63. The summed E-state index contributed by atoms with van der Waals surface area (Å²) in [7, 11) is 0. The highest BCUT2D eigenvalue weighted by Gasteiger charge is 2.30. The van der Waals surface area contributed by atoms with Gasteiger partial charge in [0.2, 0.25) is 23.6 Å². The first kappa shape index (κ1) is 36.7. The maximum atomic E-state index is 13.7. The molecule has 0 aliphatic heterocycles. The summed E-state index contributed by atoms with van der Waals surface area (Å²) in [6.07, 6.45) is 2.52. The molecule has 13 nitrogen and oxygen atoms in total. The van der Waals surface area contributed by atoms with Crippen LogP contribution < -0.4 is 44.2 Å². The normalized spacial score (nSPS) is 13.5. The predicted octanol–water partition coefficient (Wildman–Crippen LogP) is -0.252. The number of hydrogen-bond acceptors (Lipinski definition) is 7. The topological polar surface area (TPSA) is 244 Å². The minimum atomic E-state index is -1.08. The molecule has 2 aromatic carbocycles. The highest BCUT2D eigenvalue weighted by atomic mass is 16.2. The van der Waals surface area contributed by atoms with Crippen LogP contribution >= 0.6 is 0 Å². The van der Waals surface area contributed by atoms with E-state index in [1.807, 2.05) is 62.4 Å². The first-order valence-corrected chi connectivity index (χ1v) is 15.3. The van der Waals surface area contributed by atoms with Crippen LogP contribution in [-0.2, 0) is 32.0 Å². The molecule has 45 heavy (non-hydrogen) atoms. The Hall–Kier alpha value is -4.49. The van der Waals surface area contributed by atoms with E-state index in [1.165, 1.54) is 0 Å². The molecule has 0 saturated heterocycles. The first-order valence-electron chi connectivity index (χ1n) is 15.3. The van der Waals surface area contributed by atoms with Crippen LogP contribution in [0.15, 0.2) is 48.5 Å². The number of carbonyl (C=O) groups excluding carboxylic acids is 4. The van der Waals surface area contributed by atoms with Crippen molar-refractivity contribution < 1.29 is 19.2 Å². The Bertz CT molecular complexity index is 1290. The van der Waals surface area contributed by atoms with Gasteiger partial charge in [0, 0.05) is 13.0 Å². The fourth-order valence-electron chi connectivity index (χ4n) is 4.82. The summed E-state index contributed by atoms with van der Waals surface area (Å²) in [4.78, 5) is 52.6. The molecule has 2 aromatic rings. The van der Waals surface area contributed by atoms with Gasteiger partial charge in [0.25, 0.3) is 0 Å². The molecule has 0 bridgehead atoms. The molecule has 0 spiro atoms. The molecular weight excluding hydrogens is 574 g/mol. The Balaban J connectivity index is 2.29. The van der Waals surface area contributed by atoms with Crippen molar-refractivity contribution in [1.82, 2.24) is 21.3 Å². The molecule has 246 valence electrons. The van der Waals surface area contributed by atoms with E-state index in [2.05, 4.69) is 21.3 Å². The quantitative estimate of drug-likeness (QED) is 0.0572. The van der Waals surface area contributed by atoms with Gasteiger partial charge in [0.15, 0.2) is 5.96 Å². The van der Waals surface area contributed by atoms with Crippen LogP contribution in [0.3, 0.4) is 0 Å². The van der Waals surface area contributed by atoms with Gasteiger partial charge in [0.1, 0.15) is 18.1 Å². The minimum absolute atomic E-state index is 0.138. The first-order chi connectivity index (χ1) is 21.4. The van der Waals surface area contributed by atoms with Crippen molar-refractivity contribution in [3.05, 3.63) is 70.8 Å². The average Bonchev–Trinajstić information content (AvgIpc) is 3.00. The standard InChI is InChI=1S/C32H49N9O4/c1-20-10-8-13-23(21(20)2)19-27(31(45)39-25(28(35)42)14-6-7-16-33)41-30(44)26(15-9-17-38-32(36)37)40-29(43)24(34)18-22-11-4-3-5-12-22/h3-5,8,10-13,24-27H,6-7,9,14-19,33-34H2,1-2H3,(H2,35,42)(H,39,45)(H,40,43)(H,41,44)(H4,36,37,38)/t24-,25-,26+,27-/m0/s1. The lowest BCUT2D eigenvalue weighted by atomic mass is 9.96. The van der Waals surface area contributed by atoms with Crippen molar-refractivity contribution in [2.45, 2.75) is 83.0 Å². The molecule has 0 saturated carbocycles. The second-order valence-corrected chi connectivity index (χ2v) is 11.2. The summed E-state index contributed by atoms with van der Waals surface area (Å²) in [5.41, 5.74) is 26.4. The number of rotatable bonds is 19. The Morgan fingerprint density at radius 2 is 1.38 bits per heavy atom. The molecule has 0 aromatic heterocycles. The number of carbonyl (C=O) groups is 4. The number of guanidine groups is 1. The third kappa shape index (κ3) is 13.0. The van der Waals surface area contributed by atoms with Crippen LogP contribution in [0.4, 0.5) is 0 Å². The molecule has 13 N–H and O–H groups in total. The van der Waals surface area contributed by atoms with Crippen molar-refractivity contribution in [3.8, 4) is 0 Å². The second-order valence-electron chi connectivity index (χ2n) is 11.2. The van der Waals surface area contributed by atoms with Gasteiger partial charge in [0.05, 0.1) is 6.04 Å². The highest BCUT2D eigenvalue weighted by Crippen LogP contribution is 2.16. The summed E-state index contributed by atoms with van der Waals surface area (Å²) in [6, 6.07) is 11.0. The summed E-state index contributed by atoms with van der Waals surface area (Å²) in [6.45, 7) is 4.61. The molecule has 0 unspecified atom stereocenters. The van der Waals surface area contributed by atoms with E-state index >= 15 is 0 Å². The summed E-state index contributed by atoms with van der Waals surface area (Å²) in [5, 5.41) is 18.3. The van der Waals surface area contributed by atoms with Crippen molar-refractivity contribution >= 4 is 29.6 Å². The van der Waals surface area contributed by atoms with Crippen molar-refractivity contribution in [2.75, 3.05) is 13.1 Å². The molecule has 0 fully saturated rings. The van der Waals surface area contributed by atoms with Gasteiger partial charge in [-0.1, -0.05) is 48.5 Å². The van der Waals surface area contributed by atoms with Gasteiger partial charge in [-0.25, -0.2) is 0 Å². The highest BCUT2D eigenvalue weighted by molar-refractivity contribution is 5.94. The second kappa shape index (κ2) is 19.0. The van der Waals surface area contributed by atoms with Crippen molar-refractivity contribution in [1.29, 1.82) is 5.41 Å². The van der Waals surface area contributed by atoms with Gasteiger partial charge < -0.3 is 44.2 Å². The average molecular weight is 624 g/mol. The fourth-order valence-corrected chi connectivity index (χ4v) is 4.82. The zero-order valence-corrected chi connectivity index (χ0v) is 26.2. The molecule has 2 rings (SSSR count). The van der Waals surface area contributed by atoms with Gasteiger partial charge >= 0.3 is 0 Å². The Morgan fingerprint density at radius 3 is 2.02 bits per heavy atom. The molecule has 0 heterocycles. The minimum Gasteiger partial charge on any atom is -0.370 e. The largest absolute Gasteiger partial charge is 0.370 e. The Labute approximate surface area is 265 Å². The predicted molar refractivity (Wildman–Crippen MR) is 175 cm³/mol. The summed E-state index contributed by atoms with van der Waals surface area (Å²) >= 11 is 0.